The number of likely N-dealkylation sites (tertiary alicyclic amines) is 1. The average Bonchev–Trinajstić information content (AvgIpc) is 2.99. The van der Waals surface area contributed by atoms with Crippen LogP contribution in [-0.2, 0) is 16.0 Å². The number of carbonyl (C=O) groups is 2. The molecule has 0 spiro atoms. The molecule has 2 N–H and O–H groups in total. The second-order valence-electron chi connectivity index (χ2n) is 9.92. The molecule has 2 fully saturated rings. The van der Waals surface area contributed by atoms with Crippen LogP contribution in [0.4, 0.5) is 8.78 Å². The number of aliphatic hydroxyl groups is 1. The molecule has 1 aliphatic heterocycles. The lowest BCUT2D eigenvalue weighted by molar-refractivity contribution is -0.148. The van der Waals surface area contributed by atoms with Gasteiger partial charge in [0.2, 0.25) is 0 Å². The first-order valence-electron chi connectivity index (χ1n) is 12.5. The zero-order valence-corrected chi connectivity index (χ0v) is 19.8. The predicted octanol–water partition coefficient (Wildman–Crippen LogP) is 5.37. The van der Waals surface area contributed by atoms with Crippen molar-refractivity contribution in [1.82, 2.24) is 4.90 Å². The second-order valence-corrected chi connectivity index (χ2v) is 9.92. The molecule has 1 amide bonds. The van der Waals surface area contributed by atoms with Crippen LogP contribution in [0.15, 0.2) is 42.5 Å². The fourth-order valence-corrected chi connectivity index (χ4v) is 5.22. The number of carbonyl (C=O) groups excluding carboxylic acids is 1. The van der Waals surface area contributed by atoms with E-state index in [4.69, 9.17) is 5.11 Å². The van der Waals surface area contributed by atoms with E-state index >= 15 is 0 Å². The molecule has 1 heterocycles. The Balaban J connectivity index is 1.52. The highest BCUT2D eigenvalue weighted by Gasteiger charge is 2.52. The first-order valence-corrected chi connectivity index (χ1v) is 12.5. The van der Waals surface area contributed by atoms with E-state index in [-0.39, 0.29) is 18.4 Å². The van der Waals surface area contributed by atoms with Crippen LogP contribution in [0.3, 0.4) is 0 Å². The highest BCUT2D eigenvalue weighted by atomic mass is 19.3. The molecular weight excluding hydrogens is 440 g/mol. The van der Waals surface area contributed by atoms with Gasteiger partial charge >= 0.3 is 11.9 Å². The second kappa shape index (κ2) is 11.9. The van der Waals surface area contributed by atoms with Gasteiger partial charge in [0.15, 0.2) is 0 Å². The number of nitrogens with zero attached hydrogens (tertiary/aromatic N) is 1. The summed E-state index contributed by atoms with van der Waals surface area (Å²) in [7, 11) is 0. The fourth-order valence-electron chi connectivity index (χ4n) is 5.22. The Hall–Kier alpha value is -2.28. The summed E-state index contributed by atoms with van der Waals surface area (Å²) in [5, 5.41) is 19.6. The number of halogens is 2. The Morgan fingerprint density at radius 1 is 1.12 bits per heavy atom. The van der Waals surface area contributed by atoms with Crippen molar-refractivity contribution in [3.8, 4) is 0 Å². The first kappa shape index (κ1) is 26.3. The molecule has 0 bridgehead atoms. The Morgan fingerprint density at radius 3 is 2.47 bits per heavy atom. The van der Waals surface area contributed by atoms with Gasteiger partial charge in [-0.2, -0.15) is 8.78 Å². The molecule has 188 valence electrons. The van der Waals surface area contributed by atoms with Gasteiger partial charge < -0.3 is 15.1 Å². The van der Waals surface area contributed by atoms with E-state index in [1.807, 2.05) is 18.2 Å². The van der Waals surface area contributed by atoms with Gasteiger partial charge in [0.05, 0.1) is 12.1 Å². The molecule has 2 aliphatic rings. The largest absolute Gasteiger partial charge is 0.481 e. The monoisotopic (exact) mass is 477 g/mol. The van der Waals surface area contributed by atoms with E-state index in [0.717, 1.165) is 38.5 Å². The van der Waals surface area contributed by atoms with Crippen LogP contribution in [-0.4, -0.2) is 51.6 Å². The molecule has 1 aromatic carbocycles. The van der Waals surface area contributed by atoms with Crippen molar-refractivity contribution in [1.29, 1.82) is 0 Å². The molecule has 0 aromatic heterocycles. The molecule has 3 rings (SSSR count). The van der Waals surface area contributed by atoms with Crippen molar-refractivity contribution >= 4 is 11.9 Å². The van der Waals surface area contributed by atoms with Gasteiger partial charge in [-0.25, -0.2) is 0 Å². The van der Waals surface area contributed by atoms with Crippen molar-refractivity contribution in [3.05, 3.63) is 48.0 Å². The van der Waals surface area contributed by atoms with E-state index < -0.39 is 36.4 Å². The average molecular weight is 478 g/mol. The minimum atomic E-state index is -3.38. The molecule has 0 unspecified atom stereocenters. The third-order valence-electron chi connectivity index (χ3n) is 7.45. The number of hydrogen-bond donors (Lipinski definition) is 2. The number of alkyl halides is 2. The quantitative estimate of drug-likeness (QED) is 0.279. The number of carboxylic acid groups (broad SMARTS) is 1. The van der Waals surface area contributed by atoms with Crippen molar-refractivity contribution in [3.63, 3.8) is 0 Å². The van der Waals surface area contributed by atoms with Crippen LogP contribution >= 0.6 is 0 Å². The molecule has 2 atom stereocenters. The molecule has 0 radical (unpaired) electrons. The summed E-state index contributed by atoms with van der Waals surface area (Å²) in [6, 6.07) is 9.51. The molecule has 34 heavy (non-hydrogen) atoms. The normalized spacial score (nSPS) is 22.1. The number of carboxylic acids is 1. The van der Waals surface area contributed by atoms with Crippen LogP contribution in [0.1, 0.15) is 76.2 Å². The van der Waals surface area contributed by atoms with Gasteiger partial charge in [-0.15, -0.1) is 0 Å². The Morgan fingerprint density at radius 2 is 1.82 bits per heavy atom. The van der Waals surface area contributed by atoms with Crippen molar-refractivity contribution in [2.24, 2.45) is 5.41 Å². The lowest BCUT2D eigenvalue weighted by Crippen LogP contribution is -2.41. The number of aliphatic carboxylic acids is 1. The molecule has 1 saturated heterocycles. The Kier molecular flexibility index (Phi) is 9.23. The Labute approximate surface area is 200 Å². The number of benzene rings is 1. The van der Waals surface area contributed by atoms with E-state index in [1.165, 1.54) is 10.5 Å². The minimum Gasteiger partial charge on any atom is -0.481 e. The van der Waals surface area contributed by atoms with E-state index in [9.17, 15) is 23.5 Å². The summed E-state index contributed by atoms with van der Waals surface area (Å²) in [5.41, 5.74) is 1.07. The van der Waals surface area contributed by atoms with Crippen LogP contribution in [0.2, 0.25) is 0 Å². The van der Waals surface area contributed by atoms with Crippen LogP contribution in [0, 0.1) is 5.41 Å². The molecular formula is C27H37F2NO4. The number of aryl methyl sites for hydroxylation is 1. The van der Waals surface area contributed by atoms with Crippen LogP contribution < -0.4 is 0 Å². The van der Waals surface area contributed by atoms with Gasteiger partial charge in [0, 0.05) is 19.4 Å². The molecule has 1 aromatic rings. The molecule has 5 nitrogen and oxygen atoms in total. The lowest BCUT2D eigenvalue weighted by atomic mass is 9.62. The number of amides is 1. The van der Waals surface area contributed by atoms with Crippen molar-refractivity contribution in [2.45, 2.75) is 95.1 Å². The first-order chi connectivity index (χ1) is 16.2. The van der Waals surface area contributed by atoms with Crippen LogP contribution in [0.5, 0.6) is 0 Å². The van der Waals surface area contributed by atoms with Crippen LogP contribution in [0.25, 0.3) is 0 Å². The molecule has 1 aliphatic carbocycles. The summed E-state index contributed by atoms with van der Waals surface area (Å²) in [6.45, 7) is 0.217. The van der Waals surface area contributed by atoms with E-state index in [0.29, 0.717) is 25.7 Å². The zero-order valence-electron chi connectivity index (χ0n) is 19.8. The maximum atomic E-state index is 14.2. The summed E-state index contributed by atoms with van der Waals surface area (Å²) < 4.78 is 28.3. The van der Waals surface area contributed by atoms with Gasteiger partial charge in [-0.05, 0) is 55.9 Å². The number of rotatable bonds is 14. The maximum Gasteiger partial charge on any atom is 0.327 e. The minimum absolute atomic E-state index is 0.0943. The van der Waals surface area contributed by atoms with Crippen molar-refractivity contribution < 1.29 is 28.6 Å². The smallest absolute Gasteiger partial charge is 0.327 e. The molecule has 7 heteroatoms. The number of unbranched alkanes of at least 4 members (excludes halogenated alkanes) is 3. The summed E-state index contributed by atoms with van der Waals surface area (Å²) >= 11 is 0. The maximum absolute atomic E-state index is 14.2. The Bertz CT molecular complexity index is 838. The zero-order chi connectivity index (χ0) is 24.6. The van der Waals surface area contributed by atoms with E-state index in [1.54, 1.807) is 12.2 Å². The molecule has 1 saturated carbocycles. The standard InChI is InChI=1S/C27H37F2NO4/c28-27(29)20-22(30(25(27)34)19-7-2-1-6-13-24(32)33)14-15-23(31)26(17-9-18-26)16-8-12-21-10-4-3-5-11-21/h3-5,10-11,14-15,22-23,31H,1-2,6-9,12-13,16-20H2,(H,32,33)/b15-14+/t22-,23+/m0/s1. The number of aliphatic hydroxyl groups excluding tert-OH is 1. The fraction of sp³-hybridized carbons (Fsp3) is 0.630. The summed E-state index contributed by atoms with van der Waals surface area (Å²) in [6.07, 6.45) is 10.2. The van der Waals surface area contributed by atoms with Gasteiger partial charge in [-0.1, -0.05) is 61.7 Å². The summed E-state index contributed by atoms with van der Waals surface area (Å²) in [4.78, 5) is 24.0. The number of hydrogen-bond acceptors (Lipinski definition) is 3. The van der Waals surface area contributed by atoms with Gasteiger partial charge in [0.25, 0.3) is 5.91 Å². The SMILES string of the molecule is O=C(O)CCCCCCN1C(=O)C(F)(F)C[C@@H]1/C=C/[C@@H](O)C1(CCCc2ccccc2)CCC1. The third-order valence-corrected chi connectivity index (χ3v) is 7.45. The van der Waals surface area contributed by atoms with Gasteiger partial charge in [0.1, 0.15) is 0 Å². The van der Waals surface area contributed by atoms with Crippen molar-refractivity contribution in [2.75, 3.05) is 6.54 Å². The van der Waals surface area contributed by atoms with Gasteiger partial charge in [-0.3, -0.25) is 9.59 Å². The highest BCUT2D eigenvalue weighted by Crippen LogP contribution is 2.48. The summed E-state index contributed by atoms with van der Waals surface area (Å²) in [5.74, 6) is -5.38. The lowest BCUT2D eigenvalue weighted by Gasteiger charge is -2.45. The third kappa shape index (κ3) is 6.87. The van der Waals surface area contributed by atoms with E-state index in [2.05, 4.69) is 12.1 Å². The predicted molar refractivity (Wildman–Crippen MR) is 127 cm³/mol. The highest BCUT2D eigenvalue weighted by molar-refractivity contribution is 5.86. The topological polar surface area (TPSA) is 77.8 Å².